The third-order valence-corrected chi connectivity index (χ3v) is 3.57. The molecule has 3 aromatic carbocycles. The first-order valence-corrected chi connectivity index (χ1v) is 8.58. The highest BCUT2D eigenvalue weighted by Crippen LogP contribution is 2.04. The Morgan fingerprint density at radius 2 is 1.04 bits per heavy atom. The minimum atomic E-state index is -0.349. The molecule has 134 valence electrons. The van der Waals surface area contributed by atoms with Crippen LogP contribution in [-0.4, -0.2) is 10.2 Å². The molecule has 0 bridgehead atoms. The van der Waals surface area contributed by atoms with Crippen LogP contribution in [0.5, 0.6) is 0 Å². The second-order valence-corrected chi connectivity index (χ2v) is 5.95. The first-order valence-electron chi connectivity index (χ1n) is 7.69. The second-order valence-electron chi connectivity index (χ2n) is 5.14. The monoisotopic (exact) mass is 386 g/mol. The van der Waals surface area contributed by atoms with Gasteiger partial charge in [-0.1, -0.05) is 66.2 Å². The van der Waals surface area contributed by atoms with Crippen molar-refractivity contribution in [3.05, 3.63) is 107 Å². The van der Waals surface area contributed by atoms with Crippen molar-refractivity contribution in [1.29, 1.82) is 0 Å². The van der Waals surface area contributed by atoms with Gasteiger partial charge in [-0.2, -0.15) is 0 Å². The molecule has 0 N–H and O–H groups in total. The number of benzene rings is 3. The molecule has 0 aliphatic carbocycles. The smallest absolute Gasteiger partial charge is 0.216 e. The van der Waals surface area contributed by atoms with Gasteiger partial charge in [-0.3, -0.25) is 9.59 Å². The molecule has 0 atom stereocenters. The predicted octanol–water partition coefficient (Wildman–Crippen LogP) is 5.65. The Labute approximate surface area is 163 Å². The molecule has 2 nitrogen and oxygen atoms in total. The Hall–Kier alpha value is -2.37. The molecule has 0 unspecified atom stereocenters. The van der Waals surface area contributed by atoms with E-state index >= 15 is 0 Å². The Kier molecular flexibility index (Phi) is 10.1. The largest absolute Gasteiger partial charge is 0.282 e. The molecule has 0 aromatic heterocycles. The van der Waals surface area contributed by atoms with E-state index in [0.29, 0.717) is 11.1 Å². The van der Waals surface area contributed by atoms with Gasteiger partial charge in [0.05, 0.1) is 0 Å². The zero-order valence-corrected chi connectivity index (χ0v) is 16.0. The third-order valence-electron chi connectivity index (χ3n) is 3.05. The van der Waals surface area contributed by atoms with Gasteiger partial charge in [0.15, 0.2) is 0 Å². The number of halogens is 1. The van der Waals surface area contributed by atoms with Crippen molar-refractivity contribution >= 4 is 35.5 Å². The van der Waals surface area contributed by atoms with Gasteiger partial charge in [0, 0.05) is 11.1 Å². The van der Waals surface area contributed by atoms with Crippen LogP contribution in [0, 0.1) is 12.7 Å². The number of hydrogen-bond donors (Lipinski definition) is 2. The first kappa shape index (κ1) is 21.7. The number of carbonyl (C=O) groups is 2. The summed E-state index contributed by atoms with van der Waals surface area (Å²) in [6.07, 6.45) is 0. The van der Waals surface area contributed by atoms with Crippen LogP contribution in [0.4, 0.5) is 4.39 Å². The highest BCUT2D eigenvalue weighted by Gasteiger charge is 1.97. The molecule has 0 saturated heterocycles. The van der Waals surface area contributed by atoms with E-state index in [2.05, 4.69) is 44.3 Å². The van der Waals surface area contributed by atoms with E-state index in [1.807, 2.05) is 36.4 Å². The van der Waals surface area contributed by atoms with E-state index < -0.39 is 0 Å². The fourth-order valence-corrected chi connectivity index (χ4v) is 2.01. The third kappa shape index (κ3) is 9.20. The van der Waals surface area contributed by atoms with Crippen molar-refractivity contribution < 1.29 is 14.0 Å². The maximum Gasteiger partial charge on any atom is 0.216 e. The Morgan fingerprint density at radius 1 is 0.654 bits per heavy atom. The minimum absolute atomic E-state index is 0.185. The lowest BCUT2D eigenvalue weighted by Crippen LogP contribution is -1.87. The maximum absolute atomic E-state index is 12.2. The topological polar surface area (TPSA) is 34.1 Å². The van der Waals surface area contributed by atoms with Crippen molar-refractivity contribution in [3.63, 3.8) is 0 Å². The highest BCUT2D eigenvalue weighted by atomic mass is 32.1. The summed E-state index contributed by atoms with van der Waals surface area (Å²) < 4.78 is 12.2. The fourth-order valence-electron chi connectivity index (χ4n) is 1.71. The average molecular weight is 387 g/mol. The summed E-state index contributed by atoms with van der Waals surface area (Å²) in [5, 5.41) is -0.532. The summed E-state index contributed by atoms with van der Waals surface area (Å²) in [5.41, 5.74) is 2.37. The zero-order chi connectivity index (χ0) is 19.4. The molecule has 0 heterocycles. The van der Waals surface area contributed by atoms with E-state index in [9.17, 15) is 14.0 Å². The van der Waals surface area contributed by atoms with Crippen LogP contribution in [0.1, 0.15) is 26.3 Å². The van der Waals surface area contributed by atoms with Gasteiger partial charge in [0.25, 0.3) is 0 Å². The first-order chi connectivity index (χ1) is 12.4. The molecule has 0 fully saturated rings. The van der Waals surface area contributed by atoms with Crippen LogP contribution >= 0.6 is 25.3 Å². The Balaban J connectivity index is 0.000000198. The summed E-state index contributed by atoms with van der Waals surface area (Å²) >= 11 is 7.21. The van der Waals surface area contributed by atoms with Crippen molar-refractivity contribution in [2.75, 3.05) is 0 Å². The number of aryl methyl sites for hydroxylation is 1. The Morgan fingerprint density at radius 3 is 1.35 bits per heavy atom. The molecule has 0 aliphatic heterocycles. The van der Waals surface area contributed by atoms with Gasteiger partial charge < -0.3 is 0 Å². The summed E-state index contributed by atoms with van der Waals surface area (Å²) in [4.78, 5) is 21.0. The molecule has 3 aromatic rings. The van der Waals surface area contributed by atoms with Crippen LogP contribution < -0.4 is 0 Å². The van der Waals surface area contributed by atoms with Crippen LogP contribution in [0.3, 0.4) is 0 Å². The van der Waals surface area contributed by atoms with Gasteiger partial charge in [-0.05, 0) is 31.2 Å². The van der Waals surface area contributed by atoms with Crippen molar-refractivity contribution in [2.45, 2.75) is 6.92 Å². The number of carbonyl (C=O) groups excluding carboxylic acids is 2. The standard InChI is InChI=1S/C7H5FOS.C7H6OS.C7H8/c8-6-3-1-5(2-4-6)7(9)10;8-7(9)6-4-2-1-3-5-6;1-7-5-3-2-4-6-7/h1-4H,(H,9,10);1-5H,(H,8,9);2-6H,1H3. The normalized spacial score (nSPS) is 9.08. The van der Waals surface area contributed by atoms with E-state index in [1.165, 1.54) is 29.8 Å². The average Bonchev–Trinajstić information content (AvgIpc) is 2.64. The van der Waals surface area contributed by atoms with E-state index in [1.54, 1.807) is 12.1 Å². The van der Waals surface area contributed by atoms with E-state index in [-0.39, 0.29) is 16.0 Å². The second kappa shape index (κ2) is 12.1. The summed E-state index contributed by atoms with van der Waals surface area (Å²) in [6.45, 7) is 2.08. The maximum atomic E-state index is 12.2. The molecule has 0 spiro atoms. The van der Waals surface area contributed by atoms with E-state index in [0.717, 1.165) is 0 Å². The molecule has 3 rings (SSSR count). The van der Waals surface area contributed by atoms with E-state index in [4.69, 9.17) is 0 Å². The Bertz CT molecular complexity index is 804. The number of hydrogen-bond acceptors (Lipinski definition) is 2. The van der Waals surface area contributed by atoms with Gasteiger partial charge in [0.2, 0.25) is 10.2 Å². The minimum Gasteiger partial charge on any atom is -0.282 e. The molecule has 26 heavy (non-hydrogen) atoms. The molecule has 0 amide bonds. The molecular weight excluding hydrogens is 367 g/mol. The van der Waals surface area contributed by atoms with Crippen molar-refractivity contribution in [1.82, 2.24) is 0 Å². The van der Waals surface area contributed by atoms with Crippen LogP contribution in [-0.2, 0) is 0 Å². The fraction of sp³-hybridized carbons (Fsp3) is 0.0476. The summed E-state index contributed by atoms with van der Waals surface area (Å²) in [7, 11) is 0. The lowest BCUT2D eigenvalue weighted by Gasteiger charge is -1.91. The lowest BCUT2D eigenvalue weighted by molar-refractivity contribution is 0.108. The lowest BCUT2D eigenvalue weighted by atomic mass is 10.2. The number of rotatable bonds is 2. The predicted molar refractivity (Wildman–Crippen MR) is 111 cm³/mol. The van der Waals surface area contributed by atoms with Gasteiger partial charge in [0.1, 0.15) is 5.82 Å². The van der Waals surface area contributed by atoms with Crippen LogP contribution in [0.15, 0.2) is 84.9 Å². The van der Waals surface area contributed by atoms with Gasteiger partial charge in [-0.15, -0.1) is 25.3 Å². The van der Waals surface area contributed by atoms with Crippen molar-refractivity contribution in [3.8, 4) is 0 Å². The number of thiol groups is 2. The van der Waals surface area contributed by atoms with Crippen LogP contribution in [0.2, 0.25) is 0 Å². The quantitative estimate of drug-likeness (QED) is 0.558. The molecule has 0 radical (unpaired) electrons. The summed E-state index contributed by atoms with van der Waals surface area (Å²) in [5.74, 6) is -0.349. The van der Waals surface area contributed by atoms with Crippen LogP contribution in [0.25, 0.3) is 0 Å². The molecule has 5 heteroatoms. The highest BCUT2D eigenvalue weighted by molar-refractivity contribution is 7.97. The van der Waals surface area contributed by atoms with Gasteiger partial charge in [-0.25, -0.2) is 4.39 Å². The molecule has 0 saturated carbocycles. The SMILES string of the molecule is Cc1ccccc1.O=C(S)c1ccc(F)cc1.O=C(S)c1ccccc1. The summed E-state index contributed by atoms with van der Waals surface area (Å²) in [6, 6.07) is 24.4. The van der Waals surface area contributed by atoms with Gasteiger partial charge >= 0.3 is 0 Å². The molecular formula is C21H19FO2S2. The van der Waals surface area contributed by atoms with Crippen molar-refractivity contribution in [2.24, 2.45) is 0 Å². The zero-order valence-electron chi connectivity index (χ0n) is 14.2. The molecule has 0 aliphatic rings.